The normalized spacial score (nSPS) is 14.0. The molecule has 2 heterocycles. The van der Waals surface area contributed by atoms with E-state index in [1.807, 2.05) is 36.5 Å². The molecule has 2 aromatic heterocycles. The highest BCUT2D eigenvalue weighted by Gasteiger charge is 2.25. The van der Waals surface area contributed by atoms with Crippen LogP contribution in [0.2, 0.25) is 5.02 Å². The lowest BCUT2D eigenvalue weighted by Gasteiger charge is -2.12. The molecular formula is C21H21ClN2O. The van der Waals surface area contributed by atoms with Crippen molar-refractivity contribution in [3.05, 3.63) is 76.1 Å². The summed E-state index contributed by atoms with van der Waals surface area (Å²) in [5.41, 5.74) is 5.90. The van der Waals surface area contributed by atoms with Crippen LogP contribution in [0.3, 0.4) is 0 Å². The summed E-state index contributed by atoms with van der Waals surface area (Å²) in [6.07, 6.45) is 5.59. The van der Waals surface area contributed by atoms with Gasteiger partial charge in [0.2, 0.25) is 0 Å². The Kier molecular flexibility index (Phi) is 4.60. The SMILES string of the molecule is O=C1CCCc2c(CCNCc3ccc(Cl)cc3)c3ccccn3c21. The molecule has 4 heteroatoms. The Morgan fingerprint density at radius 1 is 1.08 bits per heavy atom. The summed E-state index contributed by atoms with van der Waals surface area (Å²) < 4.78 is 2.09. The fourth-order valence-electron chi connectivity index (χ4n) is 3.77. The van der Waals surface area contributed by atoms with E-state index in [0.717, 1.165) is 43.1 Å². The van der Waals surface area contributed by atoms with E-state index < -0.39 is 0 Å². The van der Waals surface area contributed by atoms with Crippen LogP contribution >= 0.6 is 11.6 Å². The molecule has 0 spiro atoms. The number of carbonyl (C=O) groups excluding carboxylic acids is 1. The highest BCUT2D eigenvalue weighted by Crippen LogP contribution is 2.30. The van der Waals surface area contributed by atoms with Gasteiger partial charge in [0, 0.05) is 29.7 Å². The number of halogens is 1. The number of aromatic nitrogens is 1. The van der Waals surface area contributed by atoms with E-state index in [1.165, 1.54) is 22.2 Å². The van der Waals surface area contributed by atoms with Crippen LogP contribution in [-0.4, -0.2) is 16.7 Å². The van der Waals surface area contributed by atoms with Gasteiger partial charge < -0.3 is 9.72 Å². The standard InChI is InChI=1S/C21H21ClN2O/c22-16-9-7-15(8-10-16)14-23-12-11-17-18-4-3-6-20(25)21(18)24-13-2-1-5-19(17)24/h1-2,5,7-10,13,23H,3-4,6,11-12,14H2. The third-order valence-corrected chi connectivity index (χ3v) is 5.20. The van der Waals surface area contributed by atoms with Gasteiger partial charge in [0.05, 0.1) is 5.69 Å². The number of hydrogen-bond donors (Lipinski definition) is 1. The van der Waals surface area contributed by atoms with Crippen LogP contribution in [0, 0.1) is 0 Å². The van der Waals surface area contributed by atoms with Gasteiger partial charge in [-0.1, -0.05) is 29.8 Å². The number of fused-ring (bicyclic) bond motifs is 3. The zero-order valence-electron chi connectivity index (χ0n) is 14.1. The van der Waals surface area contributed by atoms with Gasteiger partial charge in [0.1, 0.15) is 0 Å². The first-order valence-electron chi connectivity index (χ1n) is 8.83. The summed E-state index contributed by atoms with van der Waals surface area (Å²) in [4.78, 5) is 12.4. The van der Waals surface area contributed by atoms with Gasteiger partial charge in [0.25, 0.3) is 0 Å². The van der Waals surface area contributed by atoms with Crippen LogP contribution in [0.5, 0.6) is 0 Å². The molecule has 0 saturated heterocycles. The average molecular weight is 353 g/mol. The first kappa shape index (κ1) is 16.4. The maximum atomic E-state index is 12.4. The molecule has 1 aliphatic rings. The van der Waals surface area contributed by atoms with E-state index in [0.29, 0.717) is 6.42 Å². The van der Waals surface area contributed by atoms with Gasteiger partial charge in [-0.2, -0.15) is 0 Å². The minimum absolute atomic E-state index is 0.280. The van der Waals surface area contributed by atoms with E-state index in [4.69, 9.17) is 11.6 Å². The number of pyridine rings is 1. The first-order chi connectivity index (χ1) is 12.2. The number of carbonyl (C=O) groups is 1. The number of rotatable bonds is 5. The lowest BCUT2D eigenvalue weighted by Crippen LogP contribution is -2.18. The molecule has 0 aliphatic heterocycles. The van der Waals surface area contributed by atoms with Gasteiger partial charge in [-0.15, -0.1) is 0 Å². The Balaban J connectivity index is 1.51. The highest BCUT2D eigenvalue weighted by molar-refractivity contribution is 6.30. The number of Topliss-reactive ketones (excluding diaryl/α,β-unsaturated/α-hetero) is 1. The van der Waals surface area contributed by atoms with Crippen LogP contribution in [0.15, 0.2) is 48.7 Å². The molecule has 3 nitrogen and oxygen atoms in total. The number of nitrogens with one attached hydrogen (secondary N) is 1. The number of hydrogen-bond acceptors (Lipinski definition) is 2. The van der Waals surface area contributed by atoms with E-state index in [9.17, 15) is 4.79 Å². The van der Waals surface area contributed by atoms with Crippen molar-refractivity contribution in [2.45, 2.75) is 32.2 Å². The summed E-state index contributed by atoms with van der Waals surface area (Å²) in [5, 5.41) is 4.27. The molecule has 25 heavy (non-hydrogen) atoms. The molecule has 1 N–H and O–H groups in total. The largest absolute Gasteiger partial charge is 0.313 e. The topological polar surface area (TPSA) is 33.5 Å². The Labute approximate surface area is 152 Å². The van der Waals surface area contributed by atoms with Gasteiger partial charge >= 0.3 is 0 Å². The number of nitrogens with zero attached hydrogens (tertiary/aromatic N) is 1. The highest BCUT2D eigenvalue weighted by atomic mass is 35.5. The fourth-order valence-corrected chi connectivity index (χ4v) is 3.90. The number of benzene rings is 1. The van der Waals surface area contributed by atoms with Crippen LogP contribution in [0.4, 0.5) is 0 Å². The second-order valence-electron chi connectivity index (χ2n) is 6.59. The van der Waals surface area contributed by atoms with E-state index in [-0.39, 0.29) is 5.78 Å². The van der Waals surface area contributed by atoms with E-state index in [2.05, 4.69) is 21.9 Å². The van der Waals surface area contributed by atoms with Gasteiger partial charge in [-0.3, -0.25) is 4.79 Å². The molecule has 128 valence electrons. The van der Waals surface area contributed by atoms with Crippen LogP contribution < -0.4 is 5.32 Å². The van der Waals surface area contributed by atoms with Crippen LogP contribution in [0.1, 0.15) is 40.0 Å². The lowest BCUT2D eigenvalue weighted by atomic mass is 9.92. The van der Waals surface area contributed by atoms with Gasteiger partial charge in [-0.25, -0.2) is 0 Å². The molecule has 0 saturated carbocycles. The molecule has 0 fully saturated rings. The molecule has 1 aromatic carbocycles. The zero-order chi connectivity index (χ0) is 17.2. The second kappa shape index (κ2) is 7.03. The van der Waals surface area contributed by atoms with Crippen molar-refractivity contribution >= 4 is 22.9 Å². The Bertz CT molecular complexity index is 912. The Morgan fingerprint density at radius 3 is 2.76 bits per heavy atom. The summed E-state index contributed by atoms with van der Waals surface area (Å²) >= 11 is 5.92. The predicted octanol–water partition coefficient (Wildman–Crippen LogP) is 4.44. The van der Waals surface area contributed by atoms with Crippen LogP contribution in [-0.2, 0) is 19.4 Å². The molecule has 0 amide bonds. The van der Waals surface area contributed by atoms with Crippen molar-refractivity contribution in [2.24, 2.45) is 0 Å². The third kappa shape index (κ3) is 3.22. The average Bonchev–Trinajstić information content (AvgIpc) is 2.95. The van der Waals surface area contributed by atoms with E-state index in [1.54, 1.807) is 0 Å². The first-order valence-corrected chi connectivity index (χ1v) is 9.21. The third-order valence-electron chi connectivity index (χ3n) is 4.95. The summed E-state index contributed by atoms with van der Waals surface area (Å²) in [5.74, 6) is 0.280. The van der Waals surface area contributed by atoms with Crippen molar-refractivity contribution in [1.82, 2.24) is 9.72 Å². The molecule has 0 atom stereocenters. The van der Waals surface area contributed by atoms with Gasteiger partial charge in [0.15, 0.2) is 5.78 Å². The minimum Gasteiger partial charge on any atom is -0.313 e. The van der Waals surface area contributed by atoms with Crippen molar-refractivity contribution in [3.63, 3.8) is 0 Å². The van der Waals surface area contributed by atoms with Crippen molar-refractivity contribution in [1.29, 1.82) is 0 Å². The minimum atomic E-state index is 0.280. The molecule has 0 radical (unpaired) electrons. The quantitative estimate of drug-likeness (QED) is 0.688. The number of ketones is 1. The Morgan fingerprint density at radius 2 is 1.92 bits per heavy atom. The molecule has 4 rings (SSSR count). The maximum Gasteiger partial charge on any atom is 0.179 e. The van der Waals surface area contributed by atoms with Crippen LogP contribution in [0.25, 0.3) is 5.52 Å². The van der Waals surface area contributed by atoms with Crippen molar-refractivity contribution in [3.8, 4) is 0 Å². The molecular weight excluding hydrogens is 332 g/mol. The van der Waals surface area contributed by atoms with Gasteiger partial charge in [-0.05, 0) is 66.8 Å². The smallest absolute Gasteiger partial charge is 0.179 e. The molecule has 0 unspecified atom stereocenters. The zero-order valence-corrected chi connectivity index (χ0v) is 14.9. The van der Waals surface area contributed by atoms with Crippen molar-refractivity contribution in [2.75, 3.05) is 6.54 Å². The summed E-state index contributed by atoms with van der Waals surface area (Å²) in [6.45, 7) is 1.71. The monoisotopic (exact) mass is 352 g/mol. The van der Waals surface area contributed by atoms with E-state index >= 15 is 0 Å². The Hall–Kier alpha value is -2.10. The molecule has 1 aliphatic carbocycles. The summed E-state index contributed by atoms with van der Waals surface area (Å²) in [6, 6.07) is 14.1. The fraction of sp³-hybridized carbons (Fsp3) is 0.286. The van der Waals surface area contributed by atoms with Crippen molar-refractivity contribution < 1.29 is 4.79 Å². The summed E-state index contributed by atoms with van der Waals surface area (Å²) in [7, 11) is 0. The molecule has 3 aromatic rings. The second-order valence-corrected chi connectivity index (χ2v) is 7.03. The molecule has 0 bridgehead atoms. The predicted molar refractivity (Wildman–Crippen MR) is 102 cm³/mol. The lowest BCUT2D eigenvalue weighted by molar-refractivity contribution is 0.0966. The maximum absolute atomic E-state index is 12.4.